The average Bonchev–Trinajstić information content (AvgIpc) is 2.50. The van der Waals surface area contributed by atoms with Crippen LogP contribution in [-0.2, 0) is 16.4 Å². The number of benzene rings is 1. The number of hydrogen-bond acceptors (Lipinski definition) is 2. The topological polar surface area (TPSA) is 55.1 Å². The number of nitrogens with one attached hydrogen (secondary N) is 1. The standard InChI is InChI=1S/C17H25F3N2O.ClH/c1-4-5-9-14(11-21)22-15(23)16(2,3)12-7-6-8-13(10-12)17(18,19)20;/h6-8,10,14H,4-5,9,11,21H2,1-3H3,(H,22,23);1H. The largest absolute Gasteiger partial charge is 0.416 e. The van der Waals surface area contributed by atoms with Gasteiger partial charge in [-0.2, -0.15) is 13.2 Å². The minimum atomic E-state index is -4.43. The summed E-state index contributed by atoms with van der Waals surface area (Å²) in [4.78, 5) is 12.5. The first-order valence-corrected chi connectivity index (χ1v) is 7.81. The number of unbranched alkanes of at least 4 members (excludes halogenated alkanes) is 1. The number of carbonyl (C=O) groups excluding carboxylic acids is 1. The second-order valence-corrected chi connectivity index (χ2v) is 6.25. The first kappa shape index (κ1) is 22.7. The molecule has 0 radical (unpaired) electrons. The van der Waals surface area contributed by atoms with Crippen LogP contribution in [-0.4, -0.2) is 18.5 Å². The molecule has 138 valence electrons. The molecule has 1 unspecified atom stereocenters. The maximum absolute atomic E-state index is 12.8. The van der Waals surface area contributed by atoms with Crippen LogP contribution >= 0.6 is 12.4 Å². The SMILES string of the molecule is CCCCC(CN)NC(=O)C(C)(C)c1cccc(C(F)(F)F)c1.Cl. The lowest BCUT2D eigenvalue weighted by atomic mass is 9.82. The van der Waals surface area contributed by atoms with E-state index in [9.17, 15) is 18.0 Å². The van der Waals surface area contributed by atoms with Crippen LogP contribution in [0.25, 0.3) is 0 Å². The third kappa shape index (κ3) is 5.98. The van der Waals surface area contributed by atoms with Gasteiger partial charge in [-0.05, 0) is 31.9 Å². The molecule has 0 aliphatic carbocycles. The summed E-state index contributed by atoms with van der Waals surface area (Å²) in [5.74, 6) is -0.316. The zero-order valence-corrected chi connectivity index (χ0v) is 15.1. The molecule has 1 aromatic carbocycles. The van der Waals surface area contributed by atoms with E-state index < -0.39 is 17.2 Å². The molecule has 0 aromatic heterocycles. The van der Waals surface area contributed by atoms with E-state index in [0.29, 0.717) is 12.1 Å². The Kier molecular flexibility index (Phi) is 8.78. The van der Waals surface area contributed by atoms with E-state index in [1.807, 2.05) is 6.92 Å². The summed E-state index contributed by atoms with van der Waals surface area (Å²) >= 11 is 0. The van der Waals surface area contributed by atoms with Crippen molar-refractivity contribution in [3.8, 4) is 0 Å². The molecule has 1 rings (SSSR count). The Labute approximate surface area is 147 Å². The molecule has 3 nitrogen and oxygen atoms in total. The lowest BCUT2D eigenvalue weighted by Gasteiger charge is -2.28. The van der Waals surface area contributed by atoms with Gasteiger partial charge < -0.3 is 11.1 Å². The average molecular weight is 367 g/mol. The monoisotopic (exact) mass is 366 g/mol. The second kappa shape index (κ2) is 9.28. The van der Waals surface area contributed by atoms with Gasteiger partial charge in [-0.25, -0.2) is 0 Å². The summed E-state index contributed by atoms with van der Waals surface area (Å²) in [6, 6.07) is 4.74. The van der Waals surface area contributed by atoms with Crippen LogP contribution in [0.4, 0.5) is 13.2 Å². The Morgan fingerprint density at radius 2 is 1.83 bits per heavy atom. The quantitative estimate of drug-likeness (QED) is 0.765. The molecular weight excluding hydrogens is 341 g/mol. The predicted octanol–water partition coefficient (Wildman–Crippen LogP) is 4.04. The molecule has 1 atom stereocenters. The first-order valence-electron chi connectivity index (χ1n) is 7.81. The van der Waals surface area contributed by atoms with Crippen LogP contribution in [0.1, 0.15) is 51.2 Å². The van der Waals surface area contributed by atoms with Gasteiger partial charge in [0.05, 0.1) is 11.0 Å². The van der Waals surface area contributed by atoms with Gasteiger partial charge in [0.2, 0.25) is 5.91 Å². The number of halogens is 4. The number of amides is 1. The van der Waals surface area contributed by atoms with Gasteiger partial charge in [0.15, 0.2) is 0 Å². The van der Waals surface area contributed by atoms with Crippen molar-refractivity contribution in [2.24, 2.45) is 5.73 Å². The Morgan fingerprint density at radius 3 is 2.33 bits per heavy atom. The van der Waals surface area contributed by atoms with Crippen molar-refractivity contribution >= 4 is 18.3 Å². The van der Waals surface area contributed by atoms with Crippen molar-refractivity contribution in [1.29, 1.82) is 0 Å². The fourth-order valence-corrected chi connectivity index (χ4v) is 2.28. The Hall–Kier alpha value is -1.27. The molecule has 7 heteroatoms. The van der Waals surface area contributed by atoms with Gasteiger partial charge in [0, 0.05) is 12.6 Å². The predicted molar refractivity (Wildman–Crippen MR) is 92.2 cm³/mol. The summed E-state index contributed by atoms with van der Waals surface area (Å²) in [5.41, 5.74) is 4.17. The number of hydrogen-bond donors (Lipinski definition) is 2. The first-order chi connectivity index (χ1) is 10.6. The summed E-state index contributed by atoms with van der Waals surface area (Å²) in [6.45, 7) is 5.59. The van der Waals surface area contributed by atoms with Crippen molar-refractivity contribution in [3.63, 3.8) is 0 Å². The molecule has 0 fully saturated rings. The van der Waals surface area contributed by atoms with Crippen LogP contribution in [0.2, 0.25) is 0 Å². The molecule has 0 aliphatic heterocycles. The molecule has 0 heterocycles. The number of alkyl halides is 3. The van der Waals surface area contributed by atoms with E-state index in [2.05, 4.69) is 5.32 Å². The summed E-state index contributed by atoms with van der Waals surface area (Å²) in [7, 11) is 0. The highest BCUT2D eigenvalue weighted by Crippen LogP contribution is 2.33. The molecule has 1 aromatic rings. The molecule has 0 spiro atoms. The smallest absolute Gasteiger partial charge is 0.351 e. The molecule has 1 amide bonds. The highest BCUT2D eigenvalue weighted by Gasteiger charge is 2.35. The second-order valence-electron chi connectivity index (χ2n) is 6.25. The highest BCUT2D eigenvalue weighted by atomic mass is 35.5. The third-order valence-corrected chi connectivity index (χ3v) is 4.01. The number of rotatable bonds is 7. The lowest BCUT2D eigenvalue weighted by molar-refractivity contribution is -0.138. The summed E-state index contributed by atoms with van der Waals surface area (Å²) in [5, 5.41) is 2.85. The fraction of sp³-hybridized carbons (Fsp3) is 0.588. The van der Waals surface area contributed by atoms with Crippen LogP contribution in [0, 0.1) is 0 Å². The van der Waals surface area contributed by atoms with Gasteiger partial charge in [-0.15, -0.1) is 12.4 Å². The Balaban J connectivity index is 0.00000529. The van der Waals surface area contributed by atoms with Crippen molar-refractivity contribution in [2.45, 2.75) is 57.7 Å². The van der Waals surface area contributed by atoms with E-state index in [1.54, 1.807) is 13.8 Å². The van der Waals surface area contributed by atoms with Gasteiger partial charge in [-0.3, -0.25) is 4.79 Å². The van der Waals surface area contributed by atoms with Gasteiger partial charge in [0.1, 0.15) is 0 Å². The molecule has 0 aliphatic rings. The number of nitrogens with two attached hydrogens (primary N) is 1. The highest BCUT2D eigenvalue weighted by molar-refractivity contribution is 5.87. The molecule has 3 N–H and O–H groups in total. The van der Waals surface area contributed by atoms with E-state index in [1.165, 1.54) is 12.1 Å². The third-order valence-electron chi connectivity index (χ3n) is 4.01. The van der Waals surface area contributed by atoms with Crippen LogP contribution in [0.3, 0.4) is 0 Å². The zero-order chi connectivity index (χ0) is 17.7. The molecule has 0 bridgehead atoms. The van der Waals surface area contributed by atoms with Gasteiger partial charge in [-0.1, -0.05) is 38.0 Å². The zero-order valence-electron chi connectivity index (χ0n) is 14.2. The van der Waals surface area contributed by atoms with Gasteiger partial charge >= 0.3 is 6.18 Å². The Bertz CT molecular complexity index is 533. The van der Waals surface area contributed by atoms with Crippen LogP contribution in [0.5, 0.6) is 0 Å². The van der Waals surface area contributed by atoms with Gasteiger partial charge in [0.25, 0.3) is 0 Å². The Morgan fingerprint density at radius 1 is 1.25 bits per heavy atom. The van der Waals surface area contributed by atoms with Crippen molar-refractivity contribution < 1.29 is 18.0 Å². The van der Waals surface area contributed by atoms with Crippen molar-refractivity contribution in [3.05, 3.63) is 35.4 Å². The lowest BCUT2D eigenvalue weighted by Crippen LogP contribution is -2.47. The number of carbonyl (C=O) groups is 1. The maximum Gasteiger partial charge on any atom is 0.416 e. The summed E-state index contributed by atoms with van der Waals surface area (Å²) < 4.78 is 38.5. The van der Waals surface area contributed by atoms with Crippen molar-refractivity contribution in [1.82, 2.24) is 5.32 Å². The molecular formula is C17H26ClF3N2O. The minimum absolute atomic E-state index is 0. The molecule has 0 saturated heterocycles. The van der Waals surface area contributed by atoms with Crippen LogP contribution < -0.4 is 11.1 Å². The van der Waals surface area contributed by atoms with E-state index >= 15 is 0 Å². The fourth-order valence-electron chi connectivity index (χ4n) is 2.28. The normalized spacial score (nSPS) is 13.1. The van der Waals surface area contributed by atoms with E-state index in [-0.39, 0.29) is 24.4 Å². The molecule has 24 heavy (non-hydrogen) atoms. The van der Waals surface area contributed by atoms with E-state index in [4.69, 9.17) is 5.73 Å². The molecule has 0 saturated carbocycles. The maximum atomic E-state index is 12.8. The van der Waals surface area contributed by atoms with E-state index in [0.717, 1.165) is 31.4 Å². The minimum Gasteiger partial charge on any atom is -0.351 e. The summed E-state index contributed by atoms with van der Waals surface area (Å²) in [6.07, 6.45) is -1.74. The van der Waals surface area contributed by atoms with Crippen molar-refractivity contribution in [2.75, 3.05) is 6.54 Å². The van der Waals surface area contributed by atoms with Crippen LogP contribution in [0.15, 0.2) is 24.3 Å².